The van der Waals surface area contributed by atoms with Gasteiger partial charge in [-0.2, -0.15) is 0 Å². The number of carbonyl (C=O) groups excluding carboxylic acids is 1. The van der Waals surface area contributed by atoms with E-state index in [9.17, 15) is 9.90 Å². The number of aliphatic hydroxyl groups is 1. The largest absolute Gasteiger partial charge is 0.388 e. The van der Waals surface area contributed by atoms with Gasteiger partial charge in [0.05, 0.1) is 28.9 Å². The molecule has 0 aliphatic rings. The van der Waals surface area contributed by atoms with Gasteiger partial charge in [0.25, 0.3) is 0 Å². The lowest BCUT2D eigenvalue weighted by Gasteiger charge is -2.20. The molecule has 0 aliphatic carbocycles. The van der Waals surface area contributed by atoms with Crippen LogP contribution < -0.4 is 10.2 Å². The van der Waals surface area contributed by atoms with Gasteiger partial charge in [-0.3, -0.25) is 4.79 Å². The lowest BCUT2D eigenvalue weighted by molar-refractivity contribution is -0.118. The number of amides is 1. The number of nitrogens with zero attached hydrogens (tertiary/aromatic N) is 1. The van der Waals surface area contributed by atoms with Crippen LogP contribution >= 0.6 is 11.6 Å². The van der Waals surface area contributed by atoms with Crippen LogP contribution in [0.4, 0.5) is 11.4 Å². The molecule has 2 aromatic carbocycles. The van der Waals surface area contributed by atoms with E-state index in [0.29, 0.717) is 10.7 Å². The van der Waals surface area contributed by atoms with Crippen LogP contribution in [0.25, 0.3) is 0 Å². The summed E-state index contributed by atoms with van der Waals surface area (Å²) in [4.78, 5) is 14.0. The van der Waals surface area contributed by atoms with Crippen molar-refractivity contribution in [2.75, 3.05) is 24.3 Å². The van der Waals surface area contributed by atoms with E-state index in [1.807, 2.05) is 37.2 Å². The molecule has 0 aromatic heterocycles. The normalized spacial score (nSPS) is 11.8. The number of aliphatic hydroxyl groups excluding tert-OH is 1. The summed E-state index contributed by atoms with van der Waals surface area (Å²) in [6, 6.07) is 14.4. The van der Waals surface area contributed by atoms with E-state index >= 15 is 0 Å². The van der Waals surface area contributed by atoms with E-state index in [-0.39, 0.29) is 12.3 Å². The molecule has 1 unspecified atom stereocenters. The van der Waals surface area contributed by atoms with Gasteiger partial charge in [0.2, 0.25) is 5.91 Å². The highest BCUT2D eigenvalue weighted by molar-refractivity contribution is 6.34. The third-order valence-electron chi connectivity index (χ3n) is 3.27. The van der Waals surface area contributed by atoms with Gasteiger partial charge in [-0.1, -0.05) is 48.0 Å². The van der Waals surface area contributed by atoms with Crippen LogP contribution in [0.3, 0.4) is 0 Å². The Balaban J connectivity index is 2.08. The molecule has 0 radical (unpaired) electrons. The lowest BCUT2D eigenvalue weighted by atomic mass is 10.1. The molecule has 0 bridgehead atoms. The second-order valence-electron chi connectivity index (χ2n) is 5.21. The number of rotatable bonds is 5. The molecule has 5 heteroatoms. The van der Waals surface area contributed by atoms with Crippen molar-refractivity contribution < 1.29 is 9.90 Å². The number of halogens is 1. The van der Waals surface area contributed by atoms with Crippen molar-refractivity contribution in [3.63, 3.8) is 0 Å². The predicted octanol–water partition coefficient (Wildman–Crippen LogP) is 3.47. The van der Waals surface area contributed by atoms with Gasteiger partial charge < -0.3 is 15.3 Å². The van der Waals surface area contributed by atoms with E-state index in [2.05, 4.69) is 5.32 Å². The average Bonchev–Trinajstić information content (AvgIpc) is 2.47. The first-order chi connectivity index (χ1) is 10.5. The number of carbonyl (C=O) groups is 1. The fraction of sp³-hybridized carbons (Fsp3) is 0.235. The molecular formula is C17H19ClN2O2. The molecule has 22 heavy (non-hydrogen) atoms. The van der Waals surface area contributed by atoms with Crippen molar-refractivity contribution in [2.45, 2.75) is 12.5 Å². The summed E-state index contributed by atoms with van der Waals surface area (Å²) in [5, 5.41) is 13.5. The van der Waals surface area contributed by atoms with E-state index in [1.165, 1.54) is 0 Å². The van der Waals surface area contributed by atoms with E-state index in [1.54, 1.807) is 30.3 Å². The third kappa shape index (κ3) is 4.00. The maximum Gasteiger partial charge on any atom is 0.227 e. The maximum atomic E-state index is 12.1. The average molecular weight is 319 g/mol. The molecule has 2 rings (SSSR count). The van der Waals surface area contributed by atoms with Crippen LogP contribution in [0.5, 0.6) is 0 Å². The Labute approximate surface area is 135 Å². The highest BCUT2D eigenvalue weighted by Gasteiger charge is 2.15. The van der Waals surface area contributed by atoms with Crippen molar-refractivity contribution in [3.05, 3.63) is 59.1 Å². The van der Waals surface area contributed by atoms with Gasteiger partial charge in [0, 0.05) is 14.1 Å². The molecule has 0 heterocycles. The molecule has 116 valence electrons. The van der Waals surface area contributed by atoms with Crippen molar-refractivity contribution in [1.82, 2.24) is 0 Å². The first-order valence-electron chi connectivity index (χ1n) is 6.97. The third-order valence-corrected chi connectivity index (χ3v) is 3.58. The van der Waals surface area contributed by atoms with E-state index in [4.69, 9.17) is 11.6 Å². The smallest absolute Gasteiger partial charge is 0.227 e. The van der Waals surface area contributed by atoms with Gasteiger partial charge in [-0.25, -0.2) is 0 Å². The Morgan fingerprint density at radius 3 is 2.50 bits per heavy atom. The van der Waals surface area contributed by atoms with Crippen molar-refractivity contribution in [1.29, 1.82) is 0 Å². The van der Waals surface area contributed by atoms with Crippen molar-refractivity contribution >= 4 is 28.9 Å². The van der Waals surface area contributed by atoms with Crippen LogP contribution in [-0.2, 0) is 4.79 Å². The second kappa shape index (κ2) is 7.29. The quantitative estimate of drug-likeness (QED) is 0.887. The number of hydrogen-bond acceptors (Lipinski definition) is 3. The van der Waals surface area contributed by atoms with Gasteiger partial charge >= 0.3 is 0 Å². The summed E-state index contributed by atoms with van der Waals surface area (Å²) in [5.74, 6) is -0.262. The predicted molar refractivity (Wildman–Crippen MR) is 90.4 cm³/mol. The summed E-state index contributed by atoms with van der Waals surface area (Å²) in [6.07, 6.45) is -0.841. The Hall–Kier alpha value is -2.04. The lowest BCUT2D eigenvalue weighted by Crippen LogP contribution is -2.18. The van der Waals surface area contributed by atoms with Crippen LogP contribution in [0, 0.1) is 0 Å². The zero-order valence-electron chi connectivity index (χ0n) is 12.6. The molecule has 0 aliphatic heterocycles. The highest BCUT2D eigenvalue weighted by Crippen LogP contribution is 2.32. The molecule has 0 fully saturated rings. The van der Waals surface area contributed by atoms with Crippen LogP contribution in [0.1, 0.15) is 18.1 Å². The number of benzene rings is 2. The fourth-order valence-electron chi connectivity index (χ4n) is 2.24. The zero-order valence-corrected chi connectivity index (χ0v) is 13.3. The summed E-state index contributed by atoms with van der Waals surface area (Å²) in [6.45, 7) is 0. The SMILES string of the molecule is CN(C)c1c(Cl)cccc1NC(=O)CC(O)c1ccccc1. The molecule has 2 aromatic rings. The molecular weight excluding hydrogens is 300 g/mol. The molecule has 0 saturated heterocycles. The second-order valence-corrected chi connectivity index (χ2v) is 5.62. The summed E-state index contributed by atoms with van der Waals surface area (Å²) in [5.41, 5.74) is 2.09. The summed E-state index contributed by atoms with van der Waals surface area (Å²) < 4.78 is 0. The van der Waals surface area contributed by atoms with E-state index < -0.39 is 6.10 Å². The molecule has 0 spiro atoms. The standard InChI is InChI=1S/C17H19ClN2O2/c1-20(2)17-13(18)9-6-10-14(17)19-16(22)11-15(21)12-7-4-3-5-8-12/h3-10,15,21H,11H2,1-2H3,(H,19,22). The fourth-order valence-corrected chi connectivity index (χ4v) is 2.58. The Bertz CT molecular complexity index is 644. The number of para-hydroxylation sites is 1. The maximum absolute atomic E-state index is 12.1. The number of hydrogen-bond donors (Lipinski definition) is 2. The number of nitrogens with one attached hydrogen (secondary N) is 1. The number of anilines is 2. The Morgan fingerprint density at radius 2 is 1.86 bits per heavy atom. The first kappa shape index (κ1) is 16.3. The molecule has 0 saturated carbocycles. The van der Waals surface area contributed by atoms with Crippen molar-refractivity contribution in [2.24, 2.45) is 0 Å². The summed E-state index contributed by atoms with van der Waals surface area (Å²) in [7, 11) is 3.71. The topological polar surface area (TPSA) is 52.6 Å². The van der Waals surface area contributed by atoms with Crippen molar-refractivity contribution in [3.8, 4) is 0 Å². The zero-order chi connectivity index (χ0) is 16.1. The Morgan fingerprint density at radius 1 is 1.18 bits per heavy atom. The minimum Gasteiger partial charge on any atom is -0.388 e. The summed E-state index contributed by atoms with van der Waals surface area (Å²) >= 11 is 6.17. The van der Waals surface area contributed by atoms with Gasteiger partial charge in [0.1, 0.15) is 0 Å². The van der Waals surface area contributed by atoms with Crippen LogP contribution in [0.15, 0.2) is 48.5 Å². The highest BCUT2D eigenvalue weighted by atomic mass is 35.5. The molecule has 1 atom stereocenters. The minimum absolute atomic E-state index is 0.0105. The van der Waals surface area contributed by atoms with Crippen LogP contribution in [0.2, 0.25) is 5.02 Å². The van der Waals surface area contributed by atoms with Gasteiger partial charge in [0.15, 0.2) is 0 Å². The molecule has 2 N–H and O–H groups in total. The monoisotopic (exact) mass is 318 g/mol. The molecule has 4 nitrogen and oxygen atoms in total. The van der Waals surface area contributed by atoms with Gasteiger partial charge in [-0.15, -0.1) is 0 Å². The minimum atomic E-state index is -0.830. The van der Waals surface area contributed by atoms with Crippen LogP contribution in [-0.4, -0.2) is 25.1 Å². The van der Waals surface area contributed by atoms with Gasteiger partial charge in [-0.05, 0) is 17.7 Å². The van der Waals surface area contributed by atoms with E-state index in [0.717, 1.165) is 11.3 Å². The first-order valence-corrected chi connectivity index (χ1v) is 7.35. The molecule has 1 amide bonds. The Kier molecular flexibility index (Phi) is 5.41.